The summed E-state index contributed by atoms with van der Waals surface area (Å²) in [5.74, 6) is 1.39. The Morgan fingerprint density at radius 3 is 2.56 bits per heavy atom. The molecule has 162 valence electrons. The van der Waals surface area contributed by atoms with Crippen LogP contribution in [0.25, 0.3) is 22.6 Å². The van der Waals surface area contributed by atoms with Crippen molar-refractivity contribution in [2.24, 2.45) is 0 Å². The van der Waals surface area contributed by atoms with Crippen molar-refractivity contribution in [2.45, 2.75) is 6.92 Å². The van der Waals surface area contributed by atoms with Crippen LogP contribution < -0.4 is 20.1 Å². The third-order valence-corrected chi connectivity index (χ3v) is 4.99. The number of ether oxygens (including phenoxy) is 2. The second kappa shape index (κ2) is 9.07. The number of fused-ring (bicyclic) bond motifs is 1. The Morgan fingerprint density at radius 2 is 1.81 bits per heavy atom. The van der Waals surface area contributed by atoms with Crippen LogP contribution in [0.5, 0.6) is 11.5 Å². The molecule has 0 aliphatic rings. The van der Waals surface area contributed by atoms with Crippen LogP contribution >= 0.6 is 12.2 Å². The van der Waals surface area contributed by atoms with Crippen LogP contribution in [-0.2, 0) is 0 Å². The van der Waals surface area contributed by atoms with Gasteiger partial charge in [0.15, 0.2) is 22.2 Å². The van der Waals surface area contributed by atoms with Crippen LogP contribution in [0.4, 0.5) is 5.69 Å². The first-order valence-corrected chi connectivity index (χ1v) is 10.2. The van der Waals surface area contributed by atoms with Crippen LogP contribution in [0.15, 0.2) is 65.1 Å². The molecule has 4 aromatic rings. The van der Waals surface area contributed by atoms with E-state index in [2.05, 4.69) is 15.6 Å². The topological polar surface area (TPSA) is 85.6 Å². The van der Waals surface area contributed by atoms with Gasteiger partial charge in [-0.3, -0.25) is 10.1 Å². The zero-order valence-corrected chi connectivity index (χ0v) is 18.6. The van der Waals surface area contributed by atoms with E-state index in [9.17, 15) is 4.79 Å². The number of anilines is 1. The molecule has 0 unspecified atom stereocenters. The highest BCUT2D eigenvalue weighted by atomic mass is 32.1. The number of aryl methyl sites for hydroxylation is 1. The van der Waals surface area contributed by atoms with Crippen molar-refractivity contribution in [3.05, 3.63) is 71.8 Å². The van der Waals surface area contributed by atoms with Gasteiger partial charge >= 0.3 is 0 Å². The predicted octanol–water partition coefficient (Wildman–Crippen LogP) is 4.95. The molecule has 32 heavy (non-hydrogen) atoms. The molecule has 2 N–H and O–H groups in total. The van der Waals surface area contributed by atoms with E-state index in [1.807, 2.05) is 25.1 Å². The number of carbonyl (C=O) groups excluding carboxylic acids is 1. The Morgan fingerprint density at radius 1 is 1.00 bits per heavy atom. The number of aromatic nitrogens is 1. The molecule has 0 radical (unpaired) electrons. The molecule has 0 aliphatic heterocycles. The third kappa shape index (κ3) is 4.55. The molecule has 0 atom stereocenters. The Hall–Kier alpha value is -3.91. The van der Waals surface area contributed by atoms with Gasteiger partial charge in [0.2, 0.25) is 5.89 Å². The molecule has 7 nitrogen and oxygen atoms in total. The van der Waals surface area contributed by atoms with E-state index in [4.69, 9.17) is 26.1 Å². The molecule has 1 amide bonds. The molecule has 3 aromatic carbocycles. The van der Waals surface area contributed by atoms with Crippen molar-refractivity contribution in [2.75, 3.05) is 19.5 Å². The SMILES string of the molecule is COc1ccc(-c2nc3cc(NC(=S)NC(=O)c4cccc(C)c4)ccc3o2)cc1OC. The summed E-state index contributed by atoms with van der Waals surface area (Å²) in [7, 11) is 3.16. The first-order valence-electron chi connectivity index (χ1n) is 9.79. The molecular weight excluding hydrogens is 426 g/mol. The number of benzene rings is 3. The zero-order chi connectivity index (χ0) is 22.7. The Balaban J connectivity index is 1.50. The van der Waals surface area contributed by atoms with E-state index >= 15 is 0 Å². The Bertz CT molecular complexity index is 1320. The summed E-state index contributed by atoms with van der Waals surface area (Å²) >= 11 is 5.29. The highest BCUT2D eigenvalue weighted by Gasteiger charge is 2.13. The van der Waals surface area contributed by atoms with Crippen molar-refractivity contribution in [3.63, 3.8) is 0 Å². The molecule has 0 saturated carbocycles. The van der Waals surface area contributed by atoms with Crippen LogP contribution in [0, 0.1) is 6.92 Å². The van der Waals surface area contributed by atoms with Crippen molar-refractivity contribution < 1.29 is 18.7 Å². The summed E-state index contributed by atoms with van der Waals surface area (Å²) in [6.07, 6.45) is 0. The molecule has 1 heterocycles. The van der Waals surface area contributed by atoms with Gasteiger partial charge < -0.3 is 19.2 Å². The number of hydrogen-bond donors (Lipinski definition) is 2. The van der Waals surface area contributed by atoms with Crippen molar-refractivity contribution >= 4 is 40.0 Å². The second-order valence-electron chi connectivity index (χ2n) is 7.05. The molecular formula is C24H21N3O4S. The lowest BCUT2D eigenvalue weighted by atomic mass is 10.1. The summed E-state index contributed by atoms with van der Waals surface area (Å²) in [5, 5.41) is 5.89. The van der Waals surface area contributed by atoms with Crippen molar-refractivity contribution in [3.8, 4) is 23.0 Å². The molecule has 0 spiro atoms. The lowest BCUT2D eigenvalue weighted by Gasteiger charge is -2.09. The molecule has 0 bridgehead atoms. The Labute approximate surface area is 190 Å². The summed E-state index contributed by atoms with van der Waals surface area (Å²) in [6, 6.07) is 18.1. The number of methoxy groups -OCH3 is 2. The molecule has 0 fully saturated rings. The summed E-state index contributed by atoms with van der Waals surface area (Å²) < 4.78 is 16.5. The second-order valence-corrected chi connectivity index (χ2v) is 7.46. The van der Waals surface area contributed by atoms with Crippen LogP contribution in [0.2, 0.25) is 0 Å². The fraction of sp³-hybridized carbons (Fsp3) is 0.125. The maximum absolute atomic E-state index is 12.4. The quantitative estimate of drug-likeness (QED) is 0.419. The number of nitrogens with one attached hydrogen (secondary N) is 2. The number of carbonyl (C=O) groups is 1. The molecule has 4 rings (SSSR count). The lowest BCUT2D eigenvalue weighted by molar-refractivity contribution is 0.0977. The minimum Gasteiger partial charge on any atom is -0.493 e. The van der Waals surface area contributed by atoms with Gasteiger partial charge in [0, 0.05) is 16.8 Å². The van der Waals surface area contributed by atoms with E-state index in [0.29, 0.717) is 39.7 Å². The number of rotatable bonds is 5. The normalized spacial score (nSPS) is 10.6. The third-order valence-electron chi connectivity index (χ3n) is 4.78. The number of nitrogens with zero attached hydrogens (tertiary/aromatic N) is 1. The van der Waals surface area contributed by atoms with Gasteiger partial charge in [0.1, 0.15) is 5.52 Å². The average Bonchev–Trinajstić information content (AvgIpc) is 3.22. The number of oxazole rings is 1. The van der Waals surface area contributed by atoms with Gasteiger partial charge in [0.05, 0.1) is 14.2 Å². The maximum Gasteiger partial charge on any atom is 0.257 e. The van der Waals surface area contributed by atoms with Gasteiger partial charge in [-0.1, -0.05) is 17.7 Å². The fourth-order valence-electron chi connectivity index (χ4n) is 3.22. The summed E-state index contributed by atoms with van der Waals surface area (Å²) in [4.78, 5) is 16.9. The largest absolute Gasteiger partial charge is 0.493 e. The molecule has 0 aliphatic carbocycles. The molecule has 8 heteroatoms. The number of hydrogen-bond acceptors (Lipinski definition) is 6. The first kappa shape index (κ1) is 21.3. The number of amides is 1. The van der Waals surface area contributed by atoms with Crippen LogP contribution in [0.3, 0.4) is 0 Å². The minimum atomic E-state index is -0.274. The maximum atomic E-state index is 12.4. The highest BCUT2D eigenvalue weighted by Crippen LogP contribution is 2.33. The van der Waals surface area contributed by atoms with E-state index in [0.717, 1.165) is 11.1 Å². The standard InChI is InChI=1S/C24H21N3O4S/c1-14-5-4-6-15(11-14)22(28)27-24(32)25-17-8-10-19-18(13-17)26-23(31-19)16-7-9-20(29-2)21(12-16)30-3/h4-13H,1-3H3,(H2,25,27,28,32). The van der Waals surface area contributed by atoms with Gasteiger partial charge in [0.25, 0.3) is 5.91 Å². The van der Waals surface area contributed by atoms with Gasteiger partial charge in [-0.2, -0.15) is 0 Å². The molecule has 0 saturated heterocycles. The smallest absolute Gasteiger partial charge is 0.257 e. The number of thiocarbonyl (C=S) groups is 1. The van der Waals surface area contributed by atoms with Crippen molar-refractivity contribution in [1.29, 1.82) is 0 Å². The fourth-order valence-corrected chi connectivity index (χ4v) is 3.43. The first-order chi connectivity index (χ1) is 15.5. The highest BCUT2D eigenvalue weighted by molar-refractivity contribution is 7.80. The molecule has 1 aromatic heterocycles. The van der Waals surface area contributed by atoms with Crippen molar-refractivity contribution in [1.82, 2.24) is 10.3 Å². The predicted molar refractivity (Wildman–Crippen MR) is 127 cm³/mol. The van der Waals surface area contributed by atoms with Crippen LogP contribution in [0.1, 0.15) is 15.9 Å². The summed E-state index contributed by atoms with van der Waals surface area (Å²) in [5.41, 5.74) is 4.25. The van der Waals surface area contributed by atoms with Gasteiger partial charge in [-0.25, -0.2) is 4.98 Å². The monoisotopic (exact) mass is 447 g/mol. The van der Waals surface area contributed by atoms with Crippen LogP contribution in [-0.4, -0.2) is 30.2 Å². The summed E-state index contributed by atoms with van der Waals surface area (Å²) in [6.45, 7) is 1.93. The van der Waals surface area contributed by atoms with E-state index in [1.165, 1.54) is 0 Å². The average molecular weight is 448 g/mol. The lowest BCUT2D eigenvalue weighted by Crippen LogP contribution is -2.34. The van der Waals surface area contributed by atoms with Gasteiger partial charge in [-0.05, 0) is 67.7 Å². The van der Waals surface area contributed by atoms with Gasteiger partial charge in [-0.15, -0.1) is 0 Å². The van der Waals surface area contributed by atoms with E-state index in [-0.39, 0.29) is 11.0 Å². The minimum absolute atomic E-state index is 0.194. The van der Waals surface area contributed by atoms with E-state index in [1.54, 1.807) is 56.7 Å². The Kier molecular flexibility index (Phi) is 6.04. The zero-order valence-electron chi connectivity index (χ0n) is 17.8. The van der Waals surface area contributed by atoms with E-state index < -0.39 is 0 Å².